The van der Waals surface area contributed by atoms with E-state index < -0.39 is 6.10 Å². The Kier molecular flexibility index (Phi) is 3.46. The third-order valence-corrected chi connectivity index (χ3v) is 1.86. The number of Topliss-reactive ketones (excluding diaryl/α,β-unsaturated/α-hetero) is 1. The fourth-order valence-corrected chi connectivity index (χ4v) is 1.24. The van der Waals surface area contributed by atoms with Crippen LogP contribution in [0.15, 0.2) is 24.3 Å². The predicted octanol–water partition coefficient (Wildman–Crippen LogP) is 2.29. The van der Waals surface area contributed by atoms with Gasteiger partial charge in [-0.3, -0.25) is 4.79 Å². The zero-order valence-corrected chi connectivity index (χ0v) is 8.08. The van der Waals surface area contributed by atoms with Crippen LogP contribution in [0.5, 0.6) is 0 Å². The zero-order valence-electron chi connectivity index (χ0n) is 7.33. The molecule has 0 aliphatic carbocycles. The van der Waals surface area contributed by atoms with Crippen molar-refractivity contribution in [3.8, 4) is 0 Å². The van der Waals surface area contributed by atoms with Gasteiger partial charge in [0, 0.05) is 17.0 Å². The largest absolute Gasteiger partial charge is 0.393 e. The highest BCUT2D eigenvalue weighted by atomic mass is 35.5. The zero-order chi connectivity index (χ0) is 9.84. The van der Waals surface area contributed by atoms with Gasteiger partial charge in [-0.2, -0.15) is 0 Å². The number of ketones is 1. The Labute approximate surface area is 82.2 Å². The lowest BCUT2D eigenvalue weighted by molar-refractivity contribution is 0.0901. The summed E-state index contributed by atoms with van der Waals surface area (Å²) in [5, 5.41) is 9.54. The van der Waals surface area contributed by atoms with E-state index in [0.717, 1.165) is 0 Å². The Balaban J connectivity index is 2.77. The second-order valence-electron chi connectivity index (χ2n) is 2.99. The molecule has 1 aromatic carbocycles. The number of carbonyl (C=O) groups excluding carboxylic acids is 1. The van der Waals surface area contributed by atoms with Crippen molar-refractivity contribution in [1.82, 2.24) is 0 Å². The maximum absolute atomic E-state index is 11.4. The van der Waals surface area contributed by atoms with Gasteiger partial charge in [0.2, 0.25) is 0 Å². The molecule has 13 heavy (non-hydrogen) atoms. The minimum Gasteiger partial charge on any atom is -0.393 e. The quantitative estimate of drug-likeness (QED) is 0.757. The second kappa shape index (κ2) is 4.40. The molecule has 1 rings (SSSR count). The molecule has 0 heterocycles. The summed E-state index contributed by atoms with van der Waals surface area (Å²) in [6, 6.07) is 6.72. The van der Waals surface area contributed by atoms with Crippen LogP contribution in [0.25, 0.3) is 0 Å². The van der Waals surface area contributed by atoms with Gasteiger partial charge >= 0.3 is 0 Å². The minimum atomic E-state index is -0.605. The molecule has 0 saturated carbocycles. The number of halogens is 1. The summed E-state index contributed by atoms with van der Waals surface area (Å²) >= 11 is 5.71. The maximum Gasteiger partial charge on any atom is 0.165 e. The van der Waals surface area contributed by atoms with E-state index >= 15 is 0 Å². The molecule has 2 nitrogen and oxygen atoms in total. The molecular weight excluding hydrogens is 188 g/mol. The molecular formula is C10H11ClO2. The van der Waals surface area contributed by atoms with E-state index in [1.807, 2.05) is 0 Å². The summed E-state index contributed by atoms with van der Waals surface area (Å²) in [5.41, 5.74) is 0.549. The highest BCUT2D eigenvalue weighted by Crippen LogP contribution is 2.12. The Hall–Kier alpha value is -0.860. The van der Waals surface area contributed by atoms with Gasteiger partial charge in [-0.25, -0.2) is 0 Å². The smallest absolute Gasteiger partial charge is 0.165 e. The second-order valence-corrected chi connectivity index (χ2v) is 3.42. The van der Waals surface area contributed by atoms with Crippen LogP contribution in [0, 0.1) is 0 Å². The van der Waals surface area contributed by atoms with Gasteiger partial charge in [0.1, 0.15) is 0 Å². The van der Waals surface area contributed by atoms with Crippen molar-refractivity contribution in [2.45, 2.75) is 19.4 Å². The summed E-state index contributed by atoms with van der Waals surface area (Å²) in [7, 11) is 0. The lowest BCUT2D eigenvalue weighted by Crippen LogP contribution is -2.09. The van der Waals surface area contributed by atoms with E-state index in [2.05, 4.69) is 0 Å². The van der Waals surface area contributed by atoms with Crippen LogP contribution in [0.4, 0.5) is 0 Å². The first-order valence-electron chi connectivity index (χ1n) is 4.06. The number of aliphatic hydroxyl groups is 1. The van der Waals surface area contributed by atoms with Crippen LogP contribution in [-0.2, 0) is 0 Å². The standard InChI is InChI=1S/C10H11ClO2/c1-7(12)5-10(13)8-3-2-4-9(11)6-8/h2-4,6-7,12H,5H2,1H3. The molecule has 0 aliphatic rings. The molecule has 0 bridgehead atoms. The Morgan fingerprint density at radius 3 is 2.85 bits per heavy atom. The van der Waals surface area contributed by atoms with E-state index in [0.29, 0.717) is 10.6 Å². The van der Waals surface area contributed by atoms with Crippen molar-refractivity contribution < 1.29 is 9.90 Å². The molecule has 1 aromatic rings. The minimum absolute atomic E-state index is 0.0856. The average molecular weight is 199 g/mol. The number of benzene rings is 1. The SMILES string of the molecule is CC(O)CC(=O)c1cccc(Cl)c1. The molecule has 70 valence electrons. The summed E-state index contributed by atoms with van der Waals surface area (Å²) in [4.78, 5) is 11.4. The van der Waals surface area contributed by atoms with E-state index in [-0.39, 0.29) is 12.2 Å². The first-order valence-corrected chi connectivity index (χ1v) is 4.44. The predicted molar refractivity (Wildman–Crippen MR) is 52.1 cm³/mol. The number of hydrogen-bond donors (Lipinski definition) is 1. The molecule has 1 atom stereocenters. The summed E-state index contributed by atoms with van der Waals surface area (Å²) in [6.45, 7) is 1.59. The van der Waals surface area contributed by atoms with Crippen LogP contribution >= 0.6 is 11.6 Å². The summed E-state index contributed by atoms with van der Waals surface area (Å²) < 4.78 is 0. The molecule has 0 saturated heterocycles. The van der Waals surface area contributed by atoms with Gasteiger partial charge in [0.05, 0.1) is 6.10 Å². The van der Waals surface area contributed by atoms with Crippen LogP contribution in [0.1, 0.15) is 23.7 Å². The molecule has 0 fully saturated rings. The van der Waals surface area contributed by atoms with Gasteiger partial charge in [-0.05, 0) is 19.1 Å². The van der Waals surface area contributed by atoms with Gasteiger partial charge in [-0.15, -0.1) is 0 Å². The molecule has 0 spiro atoms. The third kappa shape index (κ3) is 3.17. The van der Waals surface area contributed by atoms with Crippen LogP contribution in [-0.4, -0.2) is 17.0 Å². The summed E-state index contributed by atoms with van der Waals surface area (Å²) in [5.74, 6) is -0.0856. The van der Waals surface area contributed by atoms with E-state index in [1.165, 1.54) is 0 Å². The number of aliphatic hydroxyl groups excluding tert-OH is 1. The van der Waals surface area contributed by atoms with Crippen molar-refractivity contribution in [3.05, 3.63) is 34.9 Å². The fraction of sp³-hybridized carbons (Fsp3) is 0.300. The van der Waals surface area contributed by atoms with E-state index in [4.69, 9.17) is 16.7 Å². The third-order valence-electron chi connectivity index (χ3n) is 1.63. The number of carbonyl (C=O) groups is 1. The summed E-state index contributed by atoms with van der Waals surface area (Å²) in [6.07, 6.45) is -0.466. The van der Waals surface area contributed by atoms with Crippen molar-refractivity contribution >= 4 is 17.4 Å². The van der Waals surface area contributed by atoms with E-state index in [1.54, 1.807) is 31.2 Å². The van der Waals surface area contributed by atoms with Gasteiger partial charge in [-0.1, -0.05) is 23.7 Å². The number of rotatable bonds is 3. The number of hydrogen-bond acceptors (Lipinski definition) is 2. The van der Waals surface area contributed by atoms with Crippen molar-refractivity contribution in [2.24, 2.45) is 0 Å². The highest BCUT2D eigenvalue weighted by molar-refractivity contribution is 6.31. The highest BCUT2D eigenvalue weighted by Gasteiger charge is 2.08. The Morgan fingerprint density at radius 2 is 2.31 bits per heavy atom. The molecule has 0 amide bonds. The van der Waals surface area contributed by atoms with Gasteiger partial charge < -0.3 is 5.11 Å². The Morgan fingerprint density at radius 1 is 1.62 bits per heavy atom. The van der Waals surface area contributed by atoms with Crippen molar-refractivity contribution in [3.63, 3.8) is 0 Å². The van der Waals surface area contributed by atoms with Crippen LogP contribution in [0.3, 0.4) is 0 Å². The van der Waals surface area contributed by atoms with Crippen molar-refractivity contribution in [1.29, 1.82) is 0 Å². The molecule has 3 heteroatoms. The van der Waals surface area contributed by atoms with Gasteiger partial charge in [0.15, 0.2) is 5.78 Å². The van der Waals surface area contributed by atoms with Crippen LogP contribution in [0.2, 0.25) is 5.02 Å². The molecule has 0 aliphatic heterocycles. The van der Waals surface area contributed by atoms with Crippen LogP contribution < -0.4 is 0 Å². The van der Waals surface area contributed by atoms with Gasteiger partial charge in [0.25, 0.3) is 0 Å². The molecule has 1 N–H and O–H groups in total. The monoisotopic (exact) mass is 198 g/mol. The fourth-order valence-electron chi connectivity index (χ4n) is 1.05. The molecule has 0 radical (unpaired) electrons. The molecule has 0 aromatic heterocycles. The maximum atomic E-state index is 11.4. The lowest BCUT2D eigenvalue weighted by atomic mass is 10.1. The van der Waals surface area contributed by atoms with E-state index in [9.17, 15) is 4.79 Å². The molecule has 1 unspecified atom stereocenters. The normalized spacial score (nSPS) is 12.5. The first-order chi connectivity index (χ1) is 6.09. The Bertz CT molecular complexity index is 308. The first kappa shape index (κ1) is 10.2. The van der Waals surface area contributed by atoms with Crippen molar-refractivity contribution in [2.75, 3.05) is 0 Å². The average Bonchev–Trinajstić information content (AvgIpc) is 2.03. The lowest BCUT2D eigenvalue weighted by Gasteiger charge is -2.03. The topological polar surface area (TPSA) is 37.3 Å².